The van der Waals surface area contributed by atoms with Crippen molar-refractivity contribution in [3.63, 3.8) is 0 Å². The monoisotopic (exact) mass is 442 g/mol. The van der Waals surface area contributed by atoms with Crippen molar-refractivity contribution in [3.8, 4) is 0 Å². The van der Waals surface area contributed by atoms with Gasteiger partial charge in [0, 0.05) is 11.4 Å². The van der Waals surface area contributed by atoms with Crippen LogP contribution in [0.2, 0.25) is 0 Å². The maximum absolute atomic E-state index is 5.14. The summed E-state index contributed by atoms with van der Waals surface area (Å²) in [6, 6.07) is 4.79. The van der Waals surface area contributed by atoms with E-state index in [1.807, 2.05) is 0 Å². The van der Waals surface area contributed by atoms with Gasteiger partial charge in [-0.3, -0.25) is 9.98 Å². The summed E-state index contributed by atoms with van der Waals surface area (Å²) in [5, 5.41) is 0. The highest BCUT2D eigenvalue weighted by Crippen LogP contribution is 2.35. The minimum atomic E-state index is 0.981. The van der Waals surface area contributed by atoms with Gasteiger partial charge >= 0.3 is 0 Å². The van der Waals surface area contributed by atoms with Gasteiger partial charge in [-0.05, 0) is 144 Å². The van der Waals surface area contributed by atoms with Crippen LogP contribution in [0.15, 0.2) is 22.1 Å². The highest BCUT2D eigenvalue weighted by Gasteiger charge is 2.16. The quantitative estimate of drug-likeness (QED) is 0.451. The first-order chi connectivity index (χ1) is 15.8. The lowest BCUT2D eigenvalue weighted by molar-refractivity contribution is 0.667. The van der Waals surface area contributed by atoms with Gasteiger partial charge in [0.1, 0.15) is 0 Å². The van der Waals surface area contributed by atoms with Gasteiger partial charge in [0.25, 0.3) is 0 Å². The summed E-state index contributed by atoms with van der Waals surface area (Å²) in [5.41, 5.74) is 16.3. The molecule has 2 aliphatic carbocycles. The minimum absolute atomic E-state index is 0.981. The number of rotatable bonds is 4. The smallest absolute Gasteiger partial charge is 0.0690 e. The van der Waals surface area contributed by atoms with Crippen molar-refractivity contribution < 1.29 is 0 Å². The fourth-order valence-electron chi connectivity index (χ4n) is 5.68. The zero-order valence-corrected chi connectivity index (χ0v) is 21.8. The van der Waals surface area contributed by atoms with Crippen molar-refractivity contribution in [1.82, 2.24) is 0 Å². The van der Waals surface area contributed by atoms with E-state index < -0.39 is 0 Å². The molecule has 0 saturated heterocycles. The average molecular weight is 443 g/mol. The highest BCUT2D eigenvalue weighted by atomic mass is 14.8. The Bertz CT molecular complexity index is 997. The Kier molecular flexibility index (Phi) is 7.51. The number of aryl methyl sites for hydroxylation is 2. The Morgan fingerprint density at radius 3 is 1.24 bits per heavy atom. The van der Waals surface area contributed by atoms with Crippen LogP contribution in [0, 0.1) is 41.5 Å². The van der Waals surface area contributed by atoms with Crippen LogP contribution in [-0.2, 0) is 6.42 Å². The second-order valence-electron chi connectivity index (χ2n) is 10.6. The van der Waals surface area contributed by atoms with Crippen molar-refractivity contribution in [2.24, 2.45) is 9.98 Å². The van der Waals surface area contributed by atoms with Crippen molar-refractivity contribution >= 4 is 22.8 Å². The molecule has 4 rings (SSSR count). The van der Waals surface area contributed by atoms with Crippen LogP contribution in [0.4, 0.5) is 11.4 Å². The zero-order valence-electron chi connectivity index (χ0n) is 21.8. The van der Waals surface area contributed by atoms with Gasteiger partial charge in [0.05, 0.1) is 11.4 Å². The second kappa shape index (κ2) is 10.4. The van der Waals surface area contributed by atoms with Gasteiger partial charge in [-0.25, -0.2) is 0 Å². The van der Waals surface area contributed by atoms with E-state index in [4.69, 9.17) is 9.98 Å². The molecule has 2 saturated carbocycles. The highest BCUT2D eigenvalue weighted by molar-refractivity contribution is 5.89. The van der Waals surface area contributed by atoms with Gasteiger partial charge in [-0.15, -0.1) is 0 Å². The second-order valence-corrected chi connectivity index (χ2v) is 10.6. The maximum Gasteiger partial charge on any atom is 0.0690 e. The van der Waals surface area contributed by atoms with Crippen molar-refractivity contribution in [3.05, 3.63) is 56.6 Å². The van der Waals surface area contributed by atoms with Crippen molar-refractivity contribution in [2.45, 2.75) is 112 Å². The lowest BCUT2D eigenvalue weighted by atomic mass is 9.89. The summed E-state index contributed by atoms with van der Waals surface area (Å²) in [7, 11) is 0. The van der Waals surface area contributed by atoms with E-state index in [-0.39, 0.29) is 0 Å². The molecule has 0 heterocycles. The molecule has 33 heavy (non-hydrogen) atoms. The zero-order chi connectivity index (χ0) is 23.5. The molecule has 176 valence electrons. The van der Waals surface area contributed by atoms with Gasteiger partial charge < -0.3 is 0 Å². The van der Waals surface area contributed by atoms with E-state index in [0.717, 1.165) is 6.42 Å². The van der Waals surface area contributed by atoms with Gasteiger partial charge in [-0.2, -0.15) is 0 Å². The lowest BCUT2D eigenvalue weighted by Crippen LogP contribution is -2.06. The molecule has 0 atom stereocenters. The summed E-state index contributed by atoms with van der Waals surface area (Å²) in [6.07, 6.45) is 13.6. The van der Waals surface area contributed by atoms with Crippen molar-refractivity contribution in [2.75, 3.05) is 0 Å². The predicted molar refractivity (Wildman–Crippen MR) is 144 cm³/mol. The van der Waals surface area contributed by atoms with Gasteiger partial charge in [-0.1, -0.05) is 25.0 Å². The first-order valence-corrected chi connectivity index (χ1v) is 13.2. The minimum Gasteiger partial charge on any atom is -0.257 e. The van der Waals surface area contributed by atoms with Crippen LogP contribution < -0.4 is 0 Å². The fraction of sp³-hybridized carbons (Fsp3) is 0.548. The third-order valence-corrected chi connectivity index (χ3v) is 8.11. The Balaban J connectivity index is 1.65. The number of benzene rings is 2. The van der Waals surface area contributed by atoms with Crippen LogP contribution >= 0.6 is 0 Å². The summed E-state index contributed by atoms with van der Waals surface area (Å²) < 4.78 is 0. The molecule has 0 aromatic heterocycles. The van der Waals surface area contributed by atoms with Crippen LogP contribution in [0.3, 0.4) is 0 Å². The molecule has 0 radical (unpaired) electrons. The molecule has 0 aliphatic heterocycles. The Morgan fingerprint density at radius 1 is 0.515 bits per heavy atom. The van der Waals surface area contributed by atoms with E-state index in [1.165, 1.54) is 132 Å². The van der Waals surface area contributed by atoms with Crippen LogP contribution in [0.25, 0.3) is 0 Å². The molecule has 2 fully saturated rings. The molecular formula is C31H42N2. The Morgan fingerprint density at radius 2 is 0.879 bits per heavy atom. The number of nitrogens with zero attached hydrogens (tertiary/aromatic N) is 2. The number of hydrogen-bond acceptors (Lipinski definition) is 2. The van der Waals surface area contributed by atoms with Crippen molar-refractivity contribution in [1.29, 1.82) is 0 Å². The standard InChI is InChI=1S/C31H42N2/c1-20-17-26(22(3)24(5)30(20)32-28-13-9-7-10-14-28)19-27-18-21(2)31(25(6)23(27)4)33-29-15-11-8-12-16-29/h17-18H,7-16,19H2,1-6H3. The summed E-state index contributed by atoms with van der Waals surface area (Å²) in [5.74, 6) is 0. The summed E-state index contributed by atoms with van der Waals surface area (Å²) in [6.45, 7) is 13.6. The average Bonchev–Trinajstić information content (AvgIpc) is 2.82. The molecule has 0 spiro atoms. The molecule has 2 aliphatic rings. The van der Waals surface area contributed by atoms with E-state index in [9.17, 15) is 0 Å². The van der Waals surface area contributed by atoms with E-state index in [2.05, 4.69) is 53.7 Å². The molecule has 2 heteroatoms. The lowest BCUT2D eigenvalue weighted by Gasteiger charge is -2.20. The molecule has 0 N–H and O–H groups in total. The number of aliphatic imine (C=N–C) groups is 2. The summed E-state index contributed by atoms with van der Waals surface area (Å²) >= 11 is 0. The third-order valence-electron chi connectivity index (χ3n) is 8.11. The third kappa shape index (κ3) is 5.31. The van der Waals surface area contributed by atoms with Gasteiger partial charge in [0.15, 0.2) is 0 Å². The normalized spacial score (nSPS) is 16.8. The topological polar surface area (TPSA) is 24.7 Å². The predicted octanol–water partition coefficient (Wildman–Crippen LogP) is 9.20. The van der Waals surface area contributed by atoms with E-state index in [1.54, 1.807) is 0 Å². The number of hydrogen-bond donors (Lipinski definition) is 0. The Hall–Kier alpha value is -2.22. The molecule has 0 bridgehead atoms. The molecule has 0 unspecified atom stereocenters. The molecule has 0 amide bonds. The van der Waals surface area contributed by atoms with E-state index in [0.29, 0.717) is 0 Å². The largest absolute Gasteiger partial charge is 0.257 e. The van der Waals surface area contributed by atoms with Gasteiger partial charge in [0.2, 0.25) is 0 Å². The van der Waals surface area contributed by atoms with E-state index >= 15 is 0 Å². The first-order valence-electron chi connectivity index (χ1n) is 13.2. The first kappa shape index (κ1) is 23.9. The Labute approximate surface area is 201 Å². The molecular weight excluding hydrogens is 400 g/mol. The van der Waals surface area contributed by atoms with Crippen LogP contribution in [0.1, 0.15) is 109 Å². The molecule has 2 aromatic rings. The van der Waals surface area contributed by atoms with Crippen LogP contribution in [0.5, 0.6) is 0 Å². The maximum atomic E-state index is 5.14. The summed E-state index contributed by atoms with van der Waals surface area (Å²) in [4.78, 5) is 10.3. The molecule has 2 aromatic carbocycles. The fourth-order valence-corrected chi connectivity index (χ4v) is 5.68. The SMILES string of the molecule is Cc1cc(Cc2cc(C)c(N=C3CCCCC3)c(C)c2C)c(C)c(C)c1N=C1CCCCC1. The molecule has 2 nitrogen and oxygen atoms in total. The van der Waals surface area contributed by atoms with Crippen LogP contribution in [-0.4, -0.2) is 11.4 Å².